The molecule has 2 rings (SSSR count). The predicted octanol–water partition coefficient (Wildman–Crippen LogP) is 2.55. The van der Waals surface area contributed by atoms with Crippen LogP contribution < -0.4 is 5.32 Å². The molecule has 2 aliphatic rings. The molecule has 0 aromatic heterocycles. The van der Waals surface area contributed by atoms with Crippen LogP contribution in [0.15, 0.2) is 0 Å². The Kier molecular flexibility index (Phi) is 7.91. The molecule has 0 aromatic rings. The monoisotopic (exact) mass is 383 g/mol. The first kappa shape index (κ1) is 22.0. The standard InChI is InChI=1S/C20H37N3O4/c1-5-6-12-27-17-13-16(20(17,2)3)21-19(26)23-10-7-8-15(9-11-23)22(4)14-18(24)25/h15-17H,5-14H2,1-4H3,(H,21,26)(H,24,25). The quantitative estimate of drug-likeness (QED) is 0.630. The second-order valence-corrected chi connectivity index (χ2v) is 8.65. The molecule has 0 aromatic carbocycles. The van der Waals surface area contributed by atoms with E-state index in [2.05, 4.69) is 26.1 Å². The fourth-order valence-electron chi connectivity index (χ4n) is 4.09. The summed E-state index contributed by atoms with van der Waals surface area (Å²) in [5.41, 5.74) is -0.0422. The SMILES string of the molecule is CCCCOC1CC(NC(=O)N2CCCC(N(C)CC(=O)O)CC2)C1(C)C. The number of carbonyl (C=O) groups excluding carboxylic acids is 1. The van der Waals surface area contributed by atoms with E-state index in [0.29, 0.717) is 6.54 Å². The lowest BCUT2D eigenvalue weighted by Gasteiger charge is -2.52. The van der Waals surface area contributed by atoms with E-state index in [4.69, 9.17) is 9.84 Å². The lowest BCUT2D eigenvalue weighted by molar-refractivity contribution is -0.138. The zero-order valence-electron chi connectivity index (χ0n) is 17.4. The number of unbranched alkanes of at least 4 members (excludes halogenated alkanes) is 1. The fraction of sp³-hybridized carbons (Fsp3) is 0.900. The van der Waals surface area contributed by atoms with Crippen LogP contribution in [-0.2, 0) is 9.53 Å². The Morgan fingerprint density at radius 1 is 1.30 bits per heavy atom. The summed E-state index contributed by atoms with van der Waals surface area (Å²) >= 11 is 0. The van der Waals surface area contributed by atoms with Crippen LogP contribution in [-0.4, -0.2) is 78.4 Å². The zero-order chi connectivity index (χ0) is 20.0. The Morgan fingerprint density at radius 2 is 2.04 bits per heavy atom. The minimum atomic E-state index is -0.806. The number of nitrogens with zero attached hydrogens (tertiary/aromatic N) is 2. The van der Waals surface area contributed by atoms with Crippen molar-refractivity contribution >= 4 is 12.0 Å². The number of aliphatic carboxylic acids is 1. The molecular weight excluding hydrogens is 346 g/mol. The van der Waals surface area contributed by atoms with Gasteiger partial charge in [-0.05, 0) is 39.2 Å². The molecule has 3 atom stereocenters. The van der Waals surface area contributed by atoms with Crippen molar-refractivity contribution in [3.8, 4) is 0 Å². The Labute approximate surface area is 163 Å². The first-order chi connectivity index (χ1) is 12.8. The van der Waals surface area contributed by atoms with E-state index < -0.39 is 5.97 Å². The highest BCUT2D eigenvalue weighted by Crippen LogP contribution is 2.43. The third kappa shape index (κ3) is 5.82. The Balaban J connectivity index is 1.79. The molecule has 1 aliphatic carbocycles. The van der Waals surface area contributed by atoms with Crippen LogP contribution >= 0.6 is 0 Å². The van der Waals surface area contributed by atoms with Gasteiger partial charge in [-0.3, -0.25) is 9.69 Å². The summed E-state index contributed by atoms with van der Waals surface area (Å²) in [6, 6.07) is 0.363. The molecule has 7 heteroatoms. The maximum absolute atomic E-state index is 12.7. The number of likely N-dealkylation sites (tertiary alicyclic amines) is 1. The van der Waals surface area contributed by atoms with E-state index in [9.17, 15) is 9.59 Å². The first-order valence-electron chi connectivity index (χ1n) is 10.3. The van der Waals surface area contributed by atoms with E-state index in [1.807, 2.05) is 16.8 Å². The molecule has 1 aliphatic heterocycles. The van der Waals surface area contributed by atoms with E-state index >= 15 is 0 Å². The number of ether oxygens (including phenoxy) is 1. The average molecular weight is 384 g/mol. The van der Waals surface area contributed by atoms with Crippen molar-refractivity contribution in [3.05, 3.63) is 0 Å². The summed E-state index contributed by atoms with van der Waals surface area (Å²) in [5.74, 6) is -0.806. The highest BCUT2D eigenvalue weighted by molar-refractivity contribution is 5.75. The van der Waals surface area contributed by atoms with E-state index in [1.54, 1.807) is 0 Å². The molecule has 1 saturated heterocycles. The lowest BCUT2D eigenvalue weighted by atomic mass is 9.64. The average Bonchev–Trinajstić information content (AvgIpc) is 2.86. The normalized spacial score (nSPS) is 27.7. The number of hydrogen-bond donors (Lipinski definition) is 2. The summed E-state index contributed by atoms with van der Waals surface area (Å²) in [5, 5.41) is 12.2. The minimum absolute atomic E-state index is 0.00150. The van der Waals surface area contributed by atoms with Crippen molar-refractivity contribution in [2.24, 2.45) is 5.41 Å². The lowest BCUT2D eigenvalue weighted by Crippen LogP contribution is -2.63. The van der Waals surface area contributed by atoms with Gasteiger partial charge in [-0.1, -0.05) is 27.2 Å². The topological polar surface area (TPSA) is 82.1 Å². The maximum atomic E-state index is 12.7. The Morgan fingerprint density at radius 3 is 2.67 bits per heavy atom. The van der Waals surface area contributed by atoms with Crippen LogP contribution in [0.25, 0.3) is 0 Å². The van der Waals surface area contributed by atoms with Gasteiger partial charge in [0, 0.05) is 37.2 Å². The van der Waals surface area contributed by atoms with Crippen molar-refractivity contribution in [2.75, 3.05) is 33.3 Å². The molecule has 156 valence electrons. The number of rotatable bonds is 8. The van der Waals surface area contributed by atoms with Gasteiger partial charge in [0.1, 0.15) is 0 Å². The molecule has 0 radical (unpaired) electrons. The third-order valence-corrected chi connectivity index (χ3v) is 6.29. The van der Waals surface area contributed by atoms with E-state index in [0.717, 1.165) is 51.7 Å². The van der Waals surface area contributed by atoms with Crippen LogP contribution in [0.2, 0.25) is 0 Å². The smallest absolute Gasteiger partial charge is 0.317 e. The van der Waals surface area contributed by atoms with Crippen LogP contribution in [0.1, 0.15) is 59.3 Å². The van der Waals surface area contributed by atoms with Gasteiger partial charge in [-0.25, -0.2) is 4.79 Å². The zero-order valence-corrected chi connectivity index (χ0v) is 17.4. The van der Waals surface area contributed by atoms with Gasteiger partial charge in [-0.2, -0.15) is 0 Å². The van der Waals surface area contributed by atoms with Crippen molar-refractivity contribution < 1.29 is 19.4 Å². The van der Waals surface area contributed by atoms with Gasteiger partial charge in [-0.15, -0.1) is 0 Å². The molecule has 2 N–H and O–H groups in total. The molecule has 3 unspecified atom stereocenters. The van der Waals surface area contributed by atoms with Crippen LogP contribution in [0.4, 0.5) is 4.79 Å². The summed E-state index contributed by atoms with van der Waals surface area (Å²) < 4.78 is 5.96. The fourth-order valence-corrected chi connectivity index (χ4v) is 4.09. The molecule has 7 nitrogen and oxygen atoms in total. The molecule has 0 spiro atoms. The van der Waals surface area contributed by atoms with E-state index in [-0.39, 0.29) is 36.2 Å². The summed E-state index contributed by atoms with van der Waals surface area (Å²) in [4.78, 5) is 27.4. The number of likely N-dealkylation sites (N-methyl/N-ethyl adjacent to an activating group) is 1. The Bertz CT molecular complexity index is 511. The number of nitrogens with one attached hydrogen (secondary N) is 1. The predicted molar refractivity (Wildman–Crippen MR) is 105 cm³/mol. The van der Waals surface area contributed by atoms with Crippen LogP contribution in [0.3, 0.4) is 0 Å². The molecule has 27 heavy (non-hydrogen) atoms. The highest BCUT2D eigenvalue weighted by Gasteiger charge is 2.50. The van der Waals surface area contributed by atoms with Gasteiger partial charge in [0.15, 0.2) is 0 Å². The second kappa shape index (κ2) is 9.73. The largest absolute Gasteiger partial charge is 0.480 e. The van der Waals surface area contributed by atoms with E-state index in [1.165, 1.54) is 0 Å². The van der Waals surface area contributed by atoms with Gasteiger partial charge >= 0.3 is 12.0 Å². The van der Waals surface area contributed by atoms with Gasteiger partial charge in [0.2, 0.25) is 0 Å². The van der Waals surface area contributed by atoms with Gasteiger partial charge in [0.05, 0.1) is 12.6 Å². The number of carboxylic acids is 1. The van der Waals surface area contributed by atoms with Crippen molar-refractivity contribution in [3.63, 3.8) is 0 Å². The summed E-state index contributed by atoms with van der Waals surface area (Å²) in [7, 11) is 1.85. The van der Waals surface area contributed by atoms with Crippen LogP contribution in [0, 0.1) is 5.41 Å². The maximum Gasteiger partial charge on any atom is 0.317 e. The van der Waals surface area contributed by atoms with Crippen molar-refractivity contribution in [2.45, 2.75) is 77.5 Å². The molecule has 1 heterocycles. The Hall–Kier alpha value is -1.34. The number of amides is 2. The molecule has 1 saturated carbocycles. The number of carbonyl (C=O) groups is 2. The molecule has 0 bridgehead atoms. The first-order valence-corrected chi connectivity index (χ1v) is 10.3. The van der Waals surface area contributed by atoms with Crippen LogP contribution in [0.5, 0.6) is 0 Å². The molecular formula is C20H37N3O4. The highest BCUT2D eigenvalue weighted by atomic mass is 16.5. The number of hydrogen-bond acceptors (Lipinski definition) is 4. The summed E-state index contributed by atoms with van der Waals surface area (Å²) in [6.07, 6.45) is 5.94. The molecule has 2 amide bonds. The van der Waals surface area contributed by atoms with Crippen molar-refractivity contribution in [1.82, 2.24) is 15.1 Å². The third-order valence-electron chi connectivity index (χ3n) is 6.29. The number of urea groups is 1. The van der Waals surface area contributed by atoms with Gasteiger partial charge in [0.25, 0.3) is 0 Å². The second-order valence-electron chi connectivity index (χ2n) is 8.65. The van der Waals surface area contributed by atoms with Crippen molar-refractivity contribution in [1.29, 1.82) is 0 Å². The molecule has 2 fully saturated rings. The minimum Gasteiger partial charge on any atom is -0.480 e. The summed E-state index contributed by atoms with van der Waals surface area (Å²) in [6.45, 7) is 8.73. The number of carboxylic acid groups (broad SMARTS) is 1. The van der Waals surface area contributed by atoms with Gasteiger partial charge < -0.3 is 20.1 Å².